The standard InChI is InChI=1S/C18H21ClN2O3S/c1-12(2)10-21(8-7-17(23)24)16(22)9-13-11-25-18(20-13)14-5-3-4-6-15(14)19/h3-6,11-12H,7-10H2,1-2H3,(H,23,24). The van der Waals surface area contributed by atoms with Crippen molar-refractivity contribution in [3.8, 4) is 10.6 Å². The zero-order valence-corrected chi connectivity index (χ0v) is 15.8. The van der Waals surface area contributed by atoms with Gasteiger partial charge in [0.1, 0.15) is 5.01 Å². The zero-order valence-electron chi connectivity index (χ0n) is 14.2. The molecule has 1 amide bonds. The van der Waals surface area contributed by atoms with E-state index in [1.807, 2.05) is 37.4 Å². The van der Waals surface area contributed by atoms with Gasteiger partial charge in [0.25, 0.3) is 0 Å². The molecule has 1 N–H and O–H groups in total. The third kappa shape index (κ3) is 5.83. The molecule has 0 atom stereocenters. The number of thiazole rings is 1. The topological polar surface area (TPSA) is 70.5 Å². The number of hydrogen-bond acceptors (Lipinski definition) is 4. The highest BCUT2D eigenvalue weighted by molar-refractivity contribution is 7.13. The van der Waals surface area contributed by atoms with Crippen LogP contribution in [-0.2, 0) is 16.0 Å². The monoisotopic (exact) mass is 380 g/mol. The van der Waals surface area contributed by atoms with Crippen LogP contribution in [0.1, 0.15) is 26.0 Å². The summed E-state index contributed by atoms with van der Waals surface area (Å²) in [4.78, 5) is 29.5. The number of carboxylic acids is 1. The van der Waals surface area contributed by atoms with Gasteiger partial charge >= 0.3 is 5.97 Å². The largest absolute Gasteiger partial charge is 0.481 e. The van der Waals surface area contributed by atoms with Crippen LogP contribution in [0.15, 0.2) is 29.6 Å². The second-order valence-corrected chi connectivity index (χ2v) is 7.44. The lowest BCUT2D eigenvalue weighted by Gasteiger charge is -2.23. The van der Waals surface area contributed by atoms with E-state index in [4.69, 9.17) is 16.7 Å². The van der Waals surface area contributed by atoms with Gasteiger partial charge in [0.2, 0.25) is 5.91 Å². The Bertz CT molecular complexity index is 745. The Morgan fingerprint density at radius 3 is 2.68 bits per heavy atom. The van der Waals surface area contributed by atoms with Crippen LogP contribution >= 0.6 is 22.9 Å². The number of aliphatic carboxylic acids is 1. The molecule has 2 rings (SSSR count). The second kappa shape index (κ2) is 8.97. The van der Waals surface area contributed by atoms with Crippen molar-refractivity contribution >= 4 is 34.8 Å². The van der Waals surface area contributed by atoms with Gasteiger partial charge in [0, 0.05) is 24.0 Å². The molecule has 1 heterocycles. The van der Waals surface area contributed by atoms with Crippen molar-refractivity contribution in [2.45, 2.75) is 26.7 Å². The molecule has 7 heteroatoms. The maximum absolute atomic E-state index is 12.5. The fourth-order valence-electron chi connectivity index (χ4n) is 2.40. The van der Waals surface area contributed by atoms with E-state index in [1.165, 1.54) is 11.3 Å². The van der Waals surface area contributed by atoms with Crippen molar-refractivity contribution in [1.29, 1.82) is 0 Å². The van der Waals surface area contributed by atoms with E-state index in [9.17, 15) is 9.59 Å². The fraction of sp³-hybridized carbons (Fsp3) is 0.389. The molecular weight excluding hydrogens is 360 g/mol. The molecule has 2 aromatic rings. The Morgan fingerprint density at radius 1 is 1.32 bits per heavy atom. The normalized spacial score (nSPS) is 10.9. The average molecular weight is 381 g/mol. The first-order valence-electron chi connectivity index (χ1n) is 8.05. The van der Waals surface area contributed by atoms with Crippen LogP contribution in [0, 0.1) is 5.92 Å². The molecule has 0 radical (unpaired) electrons. The highest BCUT2D eigenvalue weighted by Crippen LogP contribution is 2.30. The SMILES string of the molecule is CC(C)CN(CCC(=O)O)C(=O)Cc1csc(-c2ccccc2Cl)n1. The summed E-state index contributed by atoms with van der Waals surface area (Å²) in [6.45, 7) is 4.75. The zero-order chi connectivity index (χ0) is 18.4. The number of hydrogen-bond donors (Lipinski definition) is 1. The average Bonchev–Trinajstić information content (AvgIpc) is 2.99. The van der Waals surface area contributed by atoms with E-state index in [-0.39, 0.29) is 31.2 Å². The lowest BCUT2D eigenvalue weighted by atomic mass is 10.2. The molecule has 0 unspecified atom stereocenters. The minimum atomic E-state index is -0.906. The molecule has 0 bridgehead atoms. The minimum absolute atomic E-state index is 0.0552. The van der Waals surface area contributed by atoms with Gasteiger partial charge in [-0.15, -0.1) is 11.3 Å². The van der Waals surface area contributed by atoms with Crippen LogP contribution in [0.2, 0.25) is 5.02 Å². The van der Waals surface area contributed by atoms with Gasteiger partial charge < -0.3 is 10.0 Å². The molecule has 0 aliphatic carbocycles. The molecule has 1 aromatic heterocycles. The fourth-order valence-corrected chi connectivity index (χ4v) is 3.54. The Hall–Kier alpha value is -1.92. The number of benzene rings is 1. The minimum Gasteiger partial charge on any atom is -0.481 e. The van der Waals surface area contributed by atoms with Crippen molar-refractivity contribution in [3.05, 3.63) is 40.4 Å². The smallest absolute Gasteiger partial charge is 0.305 e. The molecule has 0 saturated carbocycles. The summed E-state index contributed by atoms with van der Waals surface area (Å²) < 4.78 is 0. The van der Waals surface area contributed by atoms with Crippen molar-refractivity contribution < 1.29 is 14.7 Å². The molecule has 0 fully saturated rings. The van der Waals surface area contributed by atoms with Crippen molar-refractivity contribution in [2.75, 3.05) is 13.1 Å². The van der Waals surface area contributed by atoms with Crippen molar-refractivity contribution in [1.82, 2.24) is 9.88 Å². The number of carbonyl (C=O) groups excluding carboxylic acids is 1. The van der Waals surface area contributed by atoms with Crippen LogP contribution in [-0.4, -0.2) is 40.0 Å². The van der Waals surface area contributed by atoms with E-state index >= 15 is 0 Å². The van der Waals surface area contributed by atoms with Gasteiger partial charge in [-0.25, -0.2) is 4.98 Å². The van der Waals surface area contributed by atoms with Gasteiger partial charge in [-0.1, -0.05) is 43.6 Å². The molecule has 25 heavy (non-hydrogen) atoms. The maximum atomic E-state index is 12.5. The quantitative estimate of drug-likeness (QED) is 0.752. The molecule has 0 saturated heterocycles. The van der Waals surface area contributed by atoms with Crippen LogP contribution < -0.4 is 0 Å². The highest BCUT2D eigenvalue weighted by atomic mass is 35.5. The van der Waals surface area contributed by atoms with E-state index in [0.717, 1.165) is 10.6 Å². The van der Waals surface area contributed by atoms with Crippen molar-refractivity contribution in [3.63, 3.8) is 0 Å². The Morgan fingerprint density at radius 2 is 2.04 bits per heavy atom. The summed E-state index contributed by atoms with van der Waals surface area (Å²) >= 11 is 7.63. The molecule has 0 aliphatic rings. The van der Waals surface area contributed by atoms with Gasteiger partial charge in [-0.05, 0) is 12.0 Å². The van der Waals surface area contributed by atoms with Gasteiger partial charge in [-0.2, -0.15) is 0 Å². The lowest BCUT2D eigenvalue weighted by molar-refractivity contribution is -0.138. The van der Waals surface area contributed by atoms with E-state index in [1.54, 1.807) is 11.0 Å². The summed E-state index contributed by atoms with van der Waals surface area (Å²) in [7, 11) is 0. The lowest BCUT2D eigenvalue weighted by Crippen LogP contribution is -2.37. The first-order valence-corrected chi connectivity index (χ1v) is 9.31. The van der Waals surface area contributed by atoms with Crippen molar-refractivity contribution in [2.24, 2.45) is 5.92 Å². The van der Waals surface area contributed by atoms with Gasteiger partial charge in [0.05, 0.1) is 23.6 Å². The number of rotatable bonds is 8. The molecule has 5 nitrogen and oxygen atoms in total. The second-order valence-electron chi connectivity index (χ2n) is 6.18. The molecule has 1 aromatic carbocycles. The van der Waals surface area contributed by atoms with Crippen LogP contribution in [0.3, 0.4) is 0 Å². The summed E-state index contributed by atoms with van der Waals surface area (Å²) in [5.74, 6) is -0.742. The number of aromatic nitrogens is 1. The Kier molecular flexibility index (Phi) is 6.96. The van der Waals surface area contributed by atoms with E-state index < -0.39 is 5.97 Å². The van der Waals surface area contributed by atoms with Crippen LogP contribution in [0.4, 0.5) is 0 Å². The molecule has 134 valence electrons. The number of carboxylic acid groups (broad SMARTS) is 1. The Balaban J connectivity index is 2.08. The molecule has 0 spiro atoms. The van der Waals surface area contributed by atoms with Gasteiger partial charge in [0.15, 0.2) is 0 Å². The predicted octanol–water partition coefficient (Wildman–Crippen LogP) is 3.97. The maximum Gasteiger partial charge on any atom is 0.305 e. The van der Waals surface area contributed by atoms with E-state index in [2.05, 4.69) is 4.98 Å². The predicted molar refractivity (Wildman–Crippen MR) is 99.9 cm³/mol. The third-order valence-electron chi connectivity index (χ3n) is 3.52. The number of amides is 1. The summed E-state index contributed by atoms with van der Waals surface area (Å²) in [5.41, 5.74) is 1.52. The first kappa shape index (κ1) is 19.4. The first-order chi connectivity index (χ1) is 11.9. The van der Waals surface area contributed by atoms with E-state index in [0.29, 0.717) is 17.3 Å². The van der Waals surface area contributed by atoms with Crippen LogP contribution in [0.5, 0.6) is 0 Å². The summed E-state index contributed by atoms with van der Waals surface area (Å²) in [6, 6.07) is 7.45. The van der Waals surface area contributed by atoms with Crippen LogP contribution in [0.25, 0.3) is 10.6 Å². The molecular formula is C18H21ClN2O3S. The summed E-state index contributed by atoms with van der Waals surface area (Å²) in [5, 5.41) is 12.1. The highest BCUT2D eigenvalue weighted by Gasteiger charge is 2.18. The molecule has 0 aliphatic heterocycles. The number of carbonyl (C=O) groups is 2. The Labute approximate surface area is 156 Å². The third-order valence-corrected chi connectivity index (χ3v) is 4.78. The number of nitrogens with zero attached hydrogens (tertiary/aromatic N) is 2. The number of halogens is 1. The summed E-state index contributed by atoms with van der Waals surface area (Å²) in [6.07, 6.45) is 0.105. The van der Waals surface area contributed by atoms with Gasteiger partial charge in [-0.3, -0.25) is 9.59 Å².